The van der Waals surface area contributed by atoms with Gasteiger partial charge in [-0.1, -0.05) is 13.0 Å². The van der Waals surface area contributed by atoms with Gasteiger partial charge in [0, 0.05) is 12.8 Å². The van der Waals surface area contributed by atoms with Crippen molar-refractivity contribution in [2.24, 2.45) is 0 Å². The topological polar surface area (TPSA) is 65.1 Å². The third-order valence-corrected chi connectivity index (χ3v) is 4.47. The van der Waals surface area contributed by atoms with E-state index in [2.05, 4.69) is 16.5 Å². The van der Waals surface area contributed by atoms with Gasteiger partial charge in [-0.05, 0) is 43.2 Å². The fraction of sp³-hybridized carbons (Fsp3) is 0.312. The van der Waals surface area contributed by atoms with E-state index in [0.29, 0.717) is 11.6 Å². The molecule has 22 heavy (non-hydrogen) atoms. The van der Waals surface area contributed by atoms with Gasteiger partial charge < -0.3 is 8.98 Å². The van der Waals surface area contributed by atoms with Crippen molar-refractivity contribution in [1.29, 1.82) is 0 Å². The Hall–Kier alpha value is -2.08. The zero-order chi connectivity index (χ0) is 15.9. The van der Waals surface area contributed by atoms with Crippen molar-refractivity contribution < 1.29 is 12.8 Å². The van der Waals surface area contributed by atoms with Crippen molar-refractivity contribution in [2.75, 3.05) is 6.26 Å². The van der Waals surface area contributed by atoms with Crippen LogP contribution in [0.15, 0.2) is 39.8 Å². The molecule has 0 saturated carbocycles. The van der Waals surface area contributed by atoms with Gasteiger partial charge in [0.05, 0.1) is 11.0 Å². The molecule has 116 valence electrons. The van der Waals surface area contributed by atoms with E-state index >= 15 is 0 Å². The van der Waals surface area contributed by atoms with E-state index in [4.69, 9.17) is 4.42 Å². The number of sulfone groups is 1. The number of hydrogen-bond donors (Lipinski definition) is 0. The number of rotatable bonds is 4. The van der Waals surface area contributed by atoms with Gasteiger partial charge in [0.15, 0.2) is 11.6 Å². The molecule has 0 aliphatic rings. The van der Waals surface area contributed by atoms with E-state index < -0.39 is 9.84 Å². The maximum absolute atomic E-state index is 11.6. The van der Waals surface area contributed by atoms with Crippen molar-refractivity contribution in [3.8, 4) is 11.6 Å². The van der Waals surface area contributed by atoms with Crippen LogP contribution in [0.5, 0.6) is 0 Å². The Kier molecular flexibility index (Phi) is 3.56. The van der Waals surface area contributed by atoms with Crippen molar-refractivity contribution in [1.82, 2.24) is 9.55 Å². The fourth-order valence-electron chi connectivity index (χ4n) is 2.52. The van der Waals surface area contributed by atoms with Crippen LogP contribution in [-0.2, 0) is 16.4 Å². The van der Waals surface area contributed by atoms with Crippen LogP contribution >= 0.6 is 0 Å². The standard InChI is InChI=1S/C16H18N2O3S/c1-4-9-18-13-6-5-11(2)10-12(13)17-16(18)14-7-8-15(21-14)22(3,19)20/h5-8,10H,4,9H2,1-3H3. The normalized spacial score (nSPS) is 12.1. The summed E-state index contributed by atoms with van der Waals surface area (Å²) in [6.45, 7) is 4.91. The summed E-state index contributed by atoms with van der Waals surface area (Å²) >= 11 is 0. The first-order chi connectivity index (χ1) is 10.4. The Labute approximate surface area is 129 Å². The molecule has 0 fully saturated rings. The molecule has 0 unspecified atom stereocenters. The van der Waals surface area contributed by atoms with E-state index in [0.717, 1.165) is 35.8 Å². The molecular formula is C16H18N2O3S. The first kappa shape index (κ1) is 14.8. The molecule has 0 aliphatic carbocycles. The Morgan fingerprint density at radius 2 is 2.00 bits per heavy atom. The molecule has 2 aromatic heterocycles. The first-order valence-corrected chi connectivity index (χ1v) is 9.06. The Balaban J connectivity index is 2.21. The number of aryl methyl sites for hydroxylation is 2. The fourth-order valence-corrected chi connectivity index (χ4v) is 3.07. The highest BCUT2D eigenvalue weighted by atomic mass is 32.2. The summed E-state index contributed by atoms with van der Waals surface area (Å²) in [6.07, 6.45) is 2.08. The van der Waals surface area contributed by atoms with Gasteiger partial charge in [0.1, 0.15) is 0 Å². The summed E-state index contributed by atoms with van der Waals surface area (Å²) in [5, 5.41) is -0.0335. The van der Waals surface area contributed by atoms with Gasteiger partial charge in [-0.3, -0.25) is 0 Å². The monoisotopic (exact) mass is 318 g/mol. The summed E-state index contributed by atoms with van der Waals surface area (Å²) in [5.74, 6) is 1.14. The largest absolute Gasteiger partial charge is 0.441 e. The first-order valence-electron chi connectivity index (χ1n) is 7.17. The van der Waals surface area contributed by atoms with E-state index in [9.17, 15) is 8.42 Å². The average Bonchev–Trinajstić information content (AvgIpc) is 3.03. The minimum Gasteiger partial charge on any atom is -0.441 e. The summed E-state index contributed by atoms with van der Waals surface area (Å²) in [7, 11) is -3.36. The van der Waals surface area contributed by atoms with Crippen LogP contribution in [-0.4, -0.2) is 24.2 Å². The van der Waals surface area contributed by atoms with Gasteiger partial charge in [0.2, 0.25) is 14.9 Å². The lowest BCUT2D eigenvalue weighted by Gasteiger charge is -2.05. The van der Waals surface area contributed by atoms with E-state index in [-0.39, 0.29) is 5.09 Å². The number of nitrogens with zero attached hydrogens (tertiary/aromatic N) is 2. The second kappa shape index (κ2) is 5.28. The smallest absolute Gasteiger partial charge is 0.218 e. The van der Waals surface area contributed by atoms with E-state index in [1.54, 1.807) is 6.07 Å². The third kappa shape index (κ3) is 2.54. The van der Waals surface area contributed by atoms with E-state index in [1.807, 2.05) is 25.1 Å². The molecule has 3 rings (SSSR count). The minimum atomic E-state index is -3.36. The van der Waals surface area contributed by atoms with Crippen LogP contribution in [0, 0.1) is 6.92 Å². The average molecular weight is 318 g/mol. The maximum Gasteiger partial charge on any atom is 0.218 e. The van der Waals surface area contributed by atoms with Crippen molar-refractivity contribution in [2.45, 2.75) is 31.9 Å². The highest BCUT2D eigenvalue weighted by molar-refractivity contribution is 7.90. The van der Waals surface area contributed by atoms with Gasteiger partial charge in [0.25, 0.3) is 0 Å². The molecule has 0 spiro atoms. The summed E-state index contributed by atoms with van der Waals surface area (Å²) in [5.41, 5.74) is 3.05. The van der Waals surface area contributed by atoms with Crippen LogP contribution in [0.4, 0.5) is 0 Å². The van der Waals surface area contributed by atoms with E-state index in [1.165, 1.54) is 6.07 Å². The van der Waals surface area contributed by atoms with Crippen LogP contribution in [0.25, 0.3) is 22.6 Å². The minimum absolute atomic E-state index is 0.0335. The zero-order valence-electron chi connectivity index (χ0n) is 12.8. The number of aromatic nitrogens is 2. The molecular weight excluding hydrogens is 300 g/mol. The highest BCUT2D eigenvalue weighted by Gasteiger charge is 2.18. The number of imidazole rings is 1. The molecule has 0 bridgehead atoms. The van der Waals surface area contributed by atoms with Gasteiger partial charge in [-0.2, -0.15) is 0 Å². The van der Waals surface area contributed by atoms with Crippen LogP contribution < -0.4 is 0 Å². The number of benzene rings is 1. The molecule has 6 heteroatoms. The van der Waals surface area contributed by atoms with Gasteiger partial charge in [-0.15, -0.1) is 0 Å². The lowest BCUT2D eigenvalue weighted by molar-refractivity contribution is 0.458. The quantitative estimate of drug-likeness (QED) is 0.739. The molecule has 2 heterocycles. The maximum atomic E-state index is 11.6. The van der Waals surface area contributed by atoms with Gasteiger partial charge in [-0.25, -0.2) is 13.4 Å². The molecule has 0 radical (unpaired) electrons. The summed E-state index contributed by atoms with van der Waals surface area (Å²) < 4.78 is 30.7. The molecule has 1 aromatic carbocycles. The lowest BCUT2D eigenvalue weighted by atomic mass is 10.2. The predicted octanol–water partition coefficient (Wildman–Crippen LogP) is 3.42. The molecule has 0 amide bonds. The molecule has 0 saturated heterocycles. The van der Waals surface area contributed by atoms with Crippen molar-refractivity contribution >= 4 is 20.9 Å². The van der Waals surface area contributed by atoms with Crippen LogP contribution in [0.1, 0.15) is 18.9 Å². The van der Waals surface area contributed by atoms with Gasteiger partial charge >= 0.3 is 0 Å². The van der Waals surface area contributed by atoms with Crippen molar-refractivity contribution in [3.63, 3.8) is 0 Å². The molecule has 5 nitrogen and oxygen atoms in total. The van der Waals surface area contributed by atoms with Crippen LogP contribution in [0.2, 0.25) is 0 Å². The number of furan rings is 1. The lowest BCUT2D eigenvalue weighted by Crippen LogP contribution is -1.99. The SMILES string of the molecule is CCCn1c(-c2ccc(S(C)(=O)=O)o2)nc2cc(C)ccc21. The zero-order valence-corrected chi connectivity index (χ0v) is 13.6. The molecule has 0 aliphatic heterocycles. The molecule has 0 N–H and O–H groups in total. The Morgan fingerprint density at radius 3 is 2.64 bits per heavy atom. The second-order valence-electron chi connectivity index (χ2n) is 5.47. The Bertz CT molecular complexity index is 936. The molecule has 0 atom stereocenters. The molecule has 3 aromatic rings. The summed E-state index contributed by atoms with van der Waals surface area (Å²) in [6, 6.07) is 9.24. The van der Waals surface area contributed by atoms with Crippen LogP contribution in [0.3, 0.4) is 0 Å². The second-order valence-corrected chi connectivity index (χ2v) is 7.42. The van der Waals surface area contributed by atoms with Crippen molar-refractivity contribution in [3.05, 3.63) is 35.9 Å². The Morgan fingerprint density at radius 1 is 1.23 bits per heavy atom. The number of hydrogen-bond acceptors (Lipinski definition) is 4. The third-order valence-electron chi connectivity index (χ3n) is 3.52. The summed E-state index contributed by atoms with van der Waals surface area (Å²) in [4.78, 5) is 4.63. The highest BCUT2D eigenvalue weighted by Crippen LogP contribution is 2.28. The number of fused-ring (bicyclic) bond motifs is 1. The predicted molar refractivity (Wildman–Crippen MR) is 85.6 cm³/mol.